The number of sulfonamides is 1. The predicted molar refractivity (Wildman–Crippen MR) is 124 cm³/mol. The van der Waals surface area contributed by atoms with Crippen molar-refractivity contribution in [2.24, 2.45) is 0 Å². The van der Waals surface area contributed by atoms with E-state index < -0.39 is 15.9 Å². The van der Waals surface area contributed by atoms with Gasteiger partial charge in [0.15, 0.2) is 0 Å². The standard InChI is InChI=1S/C23H25ClN4O3S/c24-21-11-4-3-8-19(21)17-28-22(12-13-25-28)26-23(29)18-9-7-10-20(16-18)32(30,31)27-14-5-1-2-6-15-27/h3-4,7-13,16H,1-2,5-6,14-15,17H2,(H,26,29). The molecular formula is C23H25ClN4O3S. The summed E-state index contributed by atoms with van der Waals surface area (Å²) in [5.41, 5.74) is 1.14. The first-order valence-corrected chi connectivity index (χ1v) is 12.4. The van der Waals surface area contributed by atoms with Crippen LogP contribution in [-0.4, -0.2) is 41.5 Å². The maximum absolute atomic E-state index is 13.1. The van der Waals surface area contributed by atoms with Gasteiger partial charge in [-0.2, -0.15) is 9.40 Å². The van der Waals surface area contributed by atoms with E-state index in [1.807, 2.05) is 18.2 Å². The molecule has 3 aromatic rings. The van der Waals surface area contributed by atoms with Crippen LogP contribution in [0.4, 0.5) is 5.82 Å². The first kappa shape index (κ1) is 22.5. The maximum atomic E-state index is 13.1. The van der Waals surface area contributed by atoms with Crippen molar-refractivity contribution in [2.45, 2.75) is 37.1 Å². The quantitative estimate of drug-likeness (QED) is 0.576. The first-order chi connectivity index (χ1) is 15.4. The molecule has 1 N–H and O–H groups in total. The second-order valence-electron chi connectivity index (χ2n) is 7.77. The van der Waals surface area contributed by atoms with Gasteiger partial charge in [-0.25, -0.2) is 13.1 Å². The molecular weight excluding hydrogens is 448 g/mol. The van der Waals surface area contributed by atoms with E-state index in [1.165, 1.54) is 10.4 Å². The summed E-state index contributed by atoms with van der Waals surface area (Å²) in [5, 5.41) is 7.71. The Morgan fingerprint density at radius 3 is 2.50 bits per heavy atom. The van der Waals surface area contributed by atoms with Crippen LogP contribution in [-0.2, 0) is 16.6 Å². The number of nitrogens with zero attached hydrogens (tertiary/aromatic N) is 3. The van der Waals surface area contributed by atoms with E-state index in [9.17, 15) is 13.2 Å². The smallest absolute Gasteiger partial charge is 0.256 e. The van der Waals surface area contributed by atoms with E-state index in [0.717, 1.165) is 31.2 Å². The zero-order valence-electron chi connectivity index (χ0n) is 17.6. The van der Waals surface area contributed by atoms with Crippen molar-refractivity contribution < 1.29 is 13.2 Å². The highest BCUT2D eigenvalue weighted by Gasteiger charge is 2.26. The van der Waals surface area contributed by atoms with E-state index in [1.54, 1.807) is 41.2 Å². The number of carbonyl (C=O) groups excluding carboxylic acids is 1. The minimum Gasteiger partial charge on any atom is -0.307 e. The summed E-state index contributed by atoms with van der Waals surface area (Å²) in [6, 6.07) is 15.3. The van der Waals surface area contributed by atoms with Crippen LogP contribution < -0.4 is 5.32 Å². The lowest BCUT2D eigenvalue weighted by Gasteiger charge is -2.20. The molecule has 0 bridgehead atoms. The minimum absolute atomic E-state index is 0.136. The normalized spacial score (nSPS) is 15.3. The van der Waals surface area contributed by atoms with E-state index in [2.05, 4.69) is 10.4 Å². The van der Waals surface area contributed by atoms with E-state index in [0.29, 0.717) is 30.5 Å². The lowest BCUT2D eigenvalue weighted by Crippen LogP contribution is -2.32. The van der Waals surface area contributed by atoms with Gasteiger partial charge in [-0.1, -0.05) is 48.7 Å². The second-order valence-corrected chi connectivity index (χ2v) is 10.1. The van der Waals surface area contributed by atoms with Crippen LogP contribution in [0.3, 0.4) is 0 Å². The number of rotatable bonds is 6. The minimum atomic E-state index is -3.64. The van der Waals surface area contributed by atoms with Crippen molar-refractivity contribution >= 4 is 33.3 Å². The fourth-order valence-corrected chi connectivity index (χ4v) is 5.53. The van der Waals surface area contributed by atoms with Crippen LogP contribution in [0.2, 0.25) is 5.02 Å². The Labute approximate surface area is 193 Å². The summed E-state index contributed by atoms with van der Waals surface area (Å²) < 4.78 is 29.3. The number of hydrogen-bond donors (Lipinski definition) is 1. The van der Waals surface area contributed by atoms with Gasteiger partial charge in [0.1, 0.15) is 5.82 Å². The first-order valence-electron chi connectivity index (χ1n) is 10.6. The Morgan fingerprint density at radius 2 is 1.75 bits per heavy atom. The SMILES string of the molecule is O=C(Nc1ccnn1Cc1ccccc1Cl)c1cccc(S(=O)(=O)N2CCCCCC2)c1. The van der Waals surface area contributed by atoms with Crippen LogP contribution >= 0.6 is 11.6 Å². The van der Waals surface area contributed by atoms with Crippen LogP contribution in [0.25, 0.3) is 0 Å². The van der Waals surface area contributed by atoms with Gasteiger partial charge >= 0.3 is 0 Å². The molecule has 1 aliphatic heterocycles. The molecule has 0 spiro atoms. The lowest BCUT2D eigenvalue weighted by atomic mass is 10.2. The van der Waals surface area contributed by atoms with Gasteiger partial charge in [0.2, 0.25) is 10.0 Å². The van der Waals surface area contributed by atoms with Gasteiger partial charge in [0.05, 0.1) is 17.6 Å². The molecule has 1 aromatic heterocycles. The molecule has 1 amide bonds. The average Bonchev–Trinajstić information content (AvgIpc) is 3.04. The third-order valence-corrected chi connectivity index (χ3v) is 7.80. The second kappa shape index (κ2) is 9.85. The van der Waals surface area contributed by atoms with Gasteiger partial charge in [-0.15, -0.1) is 0 Å². The molecule has 2 heterocycles. The Morgan fingerprint density at radius 1 is 1.00 bits per heavy atom. The maximum Gasteiger partial charge on any atom is 0.256 e. The molecule has 0 atom stereocenters. The van der Waals surface area contributed by atoms with Crippen molar-refractivity contribution in [1.82, 2.24) is 14.1 Å². The third-order valence-electron chi connectivity index (χ3n) is 5.54. The lowest BCUT2D eigenvalue weighted by molar-refractivity contribution is 0.102. The van der Waals surface area contributed by atoms with Crippen molar-refractivity contribution in [3.8, 4) is 0 Å². The van der Waals surface area contributed by atoms with Crippen molar-refractivity contribution in [3.05, 3.63) is 76.9 Å². The number of aromatic nitrogens is 2. The Kier molecular flexibility index (Phi) is 6.93. The zero-order chi connectivity index (χ0) is 22.6. The molecule has 1 fully saturated rings. The monoisotopic (exact) mass is 472 g/mol. The zero-order valence-corrected chi connectivity index (χ0v) is 19.1. The van der Waals surface area contributed by atoms with Gasteiger partial charge in [-0.05, 0) is 42.7 Å². The summed E-state index contributed by atoms with van der Waals surface area (Å²) in [4.78, 5) is 13.0. The van der Waals surface area contributed by atoms with Crippen molar-refractivity contribution in [2.75, 3.05) is 18.4 Å². The molecule has 1 saturated heterocycles. The topological polar surface area (TPSA) is 84.3 Å². The van der Waals surface area contributed by atoms with E-state index >= 15 is 0 Å². The van der Waals surface area contributed by atoms with Gasteiger partial charge < -0.3 is 5.32 Å². The number of amides is 1. The number of halogens is 1. The van der Waals surface area contributed by atoms with Crippen LogP contribution in [0, 0.1) is 0 Å². The summed E-state index contributed by atoms with van der Waals surface area (Å²) in [6.45, 7) is 1.42. The highest BCUT2D eigenvalue weighted by Crippen LogP contribution is 2.22. The van der Waals surface area contributed by atoms with Crippen molar-refractivity contribution in [3.63, 3.8) is 0 Å². The Balaban J connectivity index is 1.52. The predicted octanol–water partition coefficient (Wildman–Crippen LogP) is 4.40. The molecule has 4 rings (SSSR count). The van der Waals surface area contributed by atoms with Crippen LogP contribution in [0.1, 0.15) is 41.6 Å². The van der Waals surface area contributed by atoms with E-state index in [4.69, 9.17) is 11.6 Å². The summed E-state index contributed by atoms with van der Waals surface area (Å²) in [5.74, 6) is 0.0922. The highest BCUT2D eigenvalue weighted by atomic mass is 35.5. The number of carbonyl (C=O) groups is 1. The van der Waals surface area contributed by atoms with Gasteiger partial charge in [0, 0.05) is 29.7 Å². The largest absolute Gasteiger partial charge is 0.307 e. The Hall–Kier alpha value is -2.68. The molecule has 168 valence electrons. The Bertz CT molecular complexity index is 1200. The molecule has 7 nitrogen and oxygen atoms in total. The van der Waals surface area contributed by atoms with Crippen LogP contribution in [0.5, 0.6) is 0 Å². The summed E-state index contributed by atoms with van der Waals surface area (Å²) in [7, 11) is -3.64. The molecule has 32 heavy (non-hydrogen) atoms. The highest BCUT2D eigenvalue weighted by molar-refractivity contribution is 7.89. The fourth-order valence-electron chi connectivity index (χ4n) is 3.77. The molecule has 0 saturated carbocycles. The average molecular weight is 473 g/mol. The number of benzene rings is 2. The fraction of sp³-hybridized carbons (Fsp3) is 0.304. The van der Waals surface area contributed by atoms with Crippen molar-refractivity contribution in [1.29, 1.82) is 0 Å². The van der Waals surface area contributed by atoms with Gasteiger partial charge in [0.25, 0.3) is 5.91 Å². The molecule has 2 aromatic carbocycles. The van der Waals surface area contributed by atoms with Crippen LogP contribution in [0.15, 0.2) is 65.7 Å². The molecule has 9 heteroatoms. The third kappa shape index (κ3) is 5.03. The molecule has 0 unspecified atom stereocenters. The summed E-state index contributed by atoms with van der Waals surface area (Å²) >= 11 is 6.24. The summed E-state index contributed by atoms with van der Waals surface area (Å²) in [6.07, 6.45) is 5.38. The molecule has 1 aliphatic rings. The molecule has 0 aliphatic carbocycles. The number of nitrogens with one attached hydrogen (secondary N) is 1. The number of anilines is 1. The van der Waals surface area contributed by atoms with E-state index in [-0.39, 0.29) is 10.5 Å². The number of hydrogen-bond acceptors (Lipinski definition) is 4. The molecule has 0 radical (unpaired) electrons. The van der Waals surface area contributed by atoms with Gasteiger partial charge in [-0.3, -0.25) is 4.79 Å².